The molecule has 26 heavy (non-hydrogen) atoms. The first-order chi connectivity index (χ1) is 12.5. The Balaban J connectivity index is 1.64. The summed E-state index contributed by atoms with van der Waals surface area (Å²) in [5.41, 5.74) is 0.662. The zero-order chi connectivity index (χ0) is 18.8. The van der Waals surface area contributed by atoms with Crippen molar-refractivity contribution in [3.63, 3.8) is 0 Å². The molecule has 0 bridgehead atoms. The zero-order valence-electron chi connectivity index (χ0n) is 15.1. The lowest BCUT2D eigenvalue weighted by molar-refractivity contribution is -0.120. The van der Waals surface area contributed by atoms with Crippen molar-refractivity contribution in [2.45, 2.75) is 33.1 Å². The van der Waals surface area contributed by atoms with Crippen molar-refractivity contribution in [1.82, 2.24) is 10.3 Å². The second-order valence-electron chi connectivity index (χ2n) is 6.30. The van der Waals surface area contributed by atoms with Gasteiger partial charge in [0.2, 0.25) is 11.8 Å². The van der Waals surface area contributed by atoms with Gasteiger partial charge in [0.05, 0.1) is 18.5 Å². The van der Waals surface area contributed by atoms with Gasteiger partial charge in [-0.25, -0.2) is 4.98 Å². The van der Waals surface area contributed by atoms with Crippen LogP contribution >= 0.6 is 22.7 Å². The van der Waals surface area contributed by atoms with Gasteiger partial charge in [-0.05, 0) is 23.8 Å². The molecule has 142 valence electrons. The number of nitrogens with zero attached hydrogens (tertiary/aromatic N) is 1. The van der Waals surface area contributed by atoms with E-state index in [1.807, 2.05) is 17.5 Å². The number of ether oxygens (including phenoxy) is 1. The van der Waals surface area contributed by atoms with Crippen LogP contribution in [0.2, 0.25) is 0 Å². The minimum absolute atomic E-state index is 0.0735. The number of amides is 2. The summed E-state index contributed by atoms with van der Waals surface area (Å²) in [4.78, 5) is 29.2. The van der Waals surface area contributed by atoms with Crippen LogP contribution < -0.4 is 10.6 Å². The predicted molar refractivity (Wildman–Crippen MR) is 106 cm³/mol. The molecule has 2 heterocycles. The third-order valence-electron chi connectivity index (χ3n) is 3.29. The molecular weight excluding hydrogens is 370 g/mol. The third-order valence-corrected chi connectivity index (χ3v) is 4.98. The van der Waals surface area contributed by atoms with Gasteiger partial charge in [-0.3, -0.25) is 9.59 Å². The highest BCUT2D eigenvalue weighted by Crippen LogP contribution is 2.17. The Labute approximate surface area is 162 Å². The highest BCUT2D eigenvalue weighted by Gasteiger charge is 2.10. The van der Waals surface area contributed by atoms with E-state index in [1.165, 1.54) is 11.3 Å². The molecule has 0 spiro atoms. The van der Waals surface area contributed by atoms with Gasteiger partial charge in [-0.1, -0.05) is 19.9 Å². The van der Waals surface area contributed by atoms with Crippen molar-refractivity contribution >= 4 is 39.6 Å². The monoisotopic (exact) mass is 395 g/mol. The second-order valence-corrected chi connectivity index (χ2v) is 8.19. The first-order valence-electron chi connectivity index (χ1n) is 8.64. The number of thiazole rings is 1. The SMILES string of the molecule is CC(C)COCCCNC(=O)Cc1csc(NC(=O)Cc2cccs2)n1. The van der Waals surface area contributed by atoms with E-state index >= 15 is 0 Å². The summed E-state index contributed by atoms with van der Waals surface area (Å²) in [6.07, 6.45) is 1.34. The summed E-state index contributed by atoms with van der Waals surface area (Å²) in [6.45, 7) is 6.19. The number of anilines is 1. The van der Waals surface area contributed by atoms with E-state index in [1.54, 1.807) is 16.7 Å². The summed E-state index contributed by atoms with van der Waals surface area (Å²) < 4.78 is 5.47. The van der Waals surface area contributed by atoms with Gasteiger partial charge >= 0.3 is 0 Å². The fourth-order valence-corrected chi connectivity index (χ4v) is 3.56. The van der Waals surface area contributed by atoms with Gasteiger partial charge in [0.15, 0.2) is 5.13 Å². The van der Waals surface area contributed by atoms with Crippen LogP contribution in [0.5, 0.6) is 0 Å². The summed E-state index contributed by atoms with van der Waals surface area (Å²) in [6, 6.07) is 3.85. The lowest BCUT2D eigenvalue weighted by Gasteiger charge is -2.07. The molecule has 2 aromatic rings. The smallest absolute Gasteiger partial charge is 0.231 e. The number of nitrogens with one attached hydrogen (secondary N) is 2. The van der Waals surface area contributed by atoms with Crippen LogP contribution in [0.25, 0.3) is 0 Å². The molecule has 8 heteroatoms. The van der Waals surface area contributed by atoms with Gasteiger partial charge in [-0.2, -0.15) is 0 Å². The highest BCUT2D eigenvalue weighted by molar-refractivity contribution is 7.14. The Hall–Kier alpha value is -1.77. The number of hydrogen-bond acceptors (Lipinski definition) is 6. The average Bonchev–Trinajstić information content (AvgIpc) is 3.22. The van der Waals surface area contributed by atoms with Crippen molar-refractivity contribution in [2.75, 3.05) is 25.1 Å². The van der Waals surface area contributed by atoms with Crippen molar-refractivity contribution in [2.24, 2.45) is 5.92 Å². The van der Waals surface area contributed by atoms with Gasteiger partial charge < -0.3 is 15.4 Å². The molecule has 0 radical (unpaired) electrons. The lowest BCUT2D eigenvalue weighted by Crippen LogP contribution is -2.27. The minimum Gasteiger partial charge on any atom is -0.381 e. The molecule has 0 aliphatic carbocycles. The zero-order valence-corrected chi connectivity index (χ0v) is 16.8. The molecule has 0 atom stereocenters. The van der Waals surface area contributed by atoms with Gasteiger partial charge in [0.1, 0.15) is 0 Å². The standard InChI is InChI=1S/C18H25N3O3S2/c1-13(2)11-24-7-4-6-19-16(22)9-14-12-26-18(20-14)21-17(23)10-15-5-3-8-25-15/h3,5,8,12-13H,4,6-7,9-11H2,1-2H3,(H,19,22)(H,20,21,23). The Morgan fingerprint density at radius 3 is 2.81 bits per heavy atom. The fraction of sp³-hybridized carbons (Fsp3) is 0.500. The molecule has 0 aromatic carbocycles. The minimum atomic E-state index is -0.0980. The van der Waals surface area contributed by atoms with Gasteiger partial charge in [-0.15, -0.1) is 22.7 Å². The van der Waals surface area contributed by atoms with Crippen LogP contribution in [0.1, 0.15) is 30.8 Å². The van der Waals surface area contributed by atoms with Crippen LogP contribution in [0.15, 0.2) is 22.9 Å². The van der Waals surface area contributed by atoms with Crippen molar-refractivity contribution in [3.05, 3.63) is 33.5 Å². The number of aromatic nitrogens is 1. The number of carbonyl (C=O) groups excluding carboxylic acids is 2. The van der Waals surface area contributed by atoms with Crippen molar-refractivity contribution in [3.8, 4) is 0 Å². The molecule has 0 saturated heterocycles. The highest BCUT2D eigenvalue weighted by atomic mass is 32.1. The number of rotatable bonds is 11. The Morgan fingerprint density at radius 2 is 2.08 bits per heavy atom. The Bertz CT molecular complexity index is 684. The molecule has 2 rings (SSSR count). The molecule has 0 unspecified atom stereocenters. The molecule has 2 N–H and O–H groups in total. The van der Waals surface area contributed by atoms with E-state index in [9.17, 15) is 9.59 Å². The summed E-state index contributed by atoms with van der Waals surface area (Å²) in [5.74, 6) is 0.351. The summed E-state index contributed by atoms with van der Waals surface area (Å²) in [7, 11) is 0. The molecule has 0 saturated carbocycles. The maximum Gasteiger partial charge on any atom is 0.231 e. The molecule has 0 aliphatic rings. The Morgan fingerprint density at radius 1 is 1.23 bits per heavy atom. The Kier molecular flexibility index (Phi) is 8.73. The molecule has 2 amide bonds. The van der Waals surface area contributed by atoms with Crippen LogP contribution in [0, 0.1) is 5.92 Å². The number of thiophene rings is 1. The van der Waals surface area contributed by atoms with Crippen molar-refractivity contribution < 1.29 is 14.3 Å². The van der Waals surface area contributed by atoms with Gasteiger partial charge in [0.25, 0.3) is 0 Å². The molecule has 0 fully saturated rings. The maximum atomic E-state index is 12.0. The van der Waals surface area contributed by atoms with Crippen molar-refractivity contribution in [1.29, 1.82) is 0 Å². The topological polar surface area (TPSA) is 80.3 Å². The van der Waals surface area contributed by atoms with Crippen LogP contribution in [0.3, 0.4) is 0 Å². The first-order valence-corrected chi connectivity index (χ1v) is 10.4. The number of hydrogen-bond donors (Lipinski definition) is 2. The summed E-state index contributed by atoms with van der Waals surface area (Å²) in [5, 5.41) is 9.90. The van der Waals surface area contributed by atoms with Crippen LogP contribution in [0.4, 0.5) is 5.13 Å². The van der Waals surface area contributed by atoms with E-state index in [2.05, 4.69) is 29.5 Å². The second kappa shape index (κ2) is 11.1. The largest absolute Gasteiger partial charge is 0.381 e. The van der Waals surface area contributed by atoms with Crippen LogP contribution in [-0.2, 0) is 27.2 Å². The normalized spacial score (nSPS) is 10.9. The van der Waals surface area contributed by atoms with Gasteiger partial charge in [0, 0.05) is 30.0 Å². The molecular formula is C18H25N3O3S2. The summed E-state index contributed by atoms with van der Waals surface area (Å²) >= 11 is 2.88. The predicted octanol–water partition coefficient (Wildman–Crippen LogP) is 3.11. The first kappa shape index (κ1) is 20.5. The average molecular weight is 396 g/mol. The molecule has 0 aliphatic heterocycles. The third kappa shape index (κ3) is 8.07. The van der Waals surface area contributed by atoms with E-state index in [0.29, 0.717) is 36.3 Å². The quantitative estimate of drug-likeness (QED) is 0.573. The van der Waals surface area contributed by atoms with E-state index in [-0.39, 0.29) is 18.2 Å². The lowest BCUT2D eigenvalue weighted by atomic mass is 10.2. The van der Waals surface area contributed by atoms with E-state index in [4.69, 9.17) is 4.74 Å². The maximum absolute atomic E-state index is 12.0. The fourth-order valence-electron chi connectivity index (χ4n) is 2.13. The number of carbonyl (C=O) groups is 2. The molecule has 2 aromatic heterocycles. The van der Waals surface area contributed by atoms with E-state index < -0.39 is 0 Å². The molecule has 6 nitrogen and oxygen atoms in total. The van der Waals surface area contributed by atoms with Crippen LogP contribution in [-0.4, -0.2) is 36.6 Å². The van der Waals surface area contributed by atoms with E-state index in [0.717, 1.165) is 17.9 Å².